The van der Waals surface area contributed by atoms with Gasteiger partial charge in [-0.2, -0.15) is 16.1 Å². The zero-order chi connectivity index (χ0) is 18.6. The van der Waals surface area contributed by atoms with E-state index in [9.17, 15) is 13.2 Å². The predicted molar refractivity (Wildman–Crippen MR) is 105 cm³/mol. The molecular weight excluding hydrogens is 368 g/mol. The van der Waals surface area contributed by atoms with Crippen LogP contribution in [-0.4, -0.2) is 56.0 Å². The van der Waals surface area contributed by atoms with Crippen molar-refractivity contribution in [1.82, 2.24) is 9.21 Å². The number of hydrogen-bond donors (Lipinski definition) is 0. The summed E-state index contributed by atoms with van der Waals surface area (Å²) in [7, 11) is -3.50. The van der Waals surface area contributed by atoms with Crippen LogP contribution < -0.4 is 0 Å². The van der Waals surface area contributed by atoms with E-state index in [1.165, 1.54) is 4.31 Å². The lowest BCUT2D eigenvalue weighted by atomic mass is 10.1. The normalized spacial score (nSPS) is 15.8. The molecule has 1 aliphatic rings. The van der Waals surface area contributed by atoms with Crippen LogP contribution in [0.4, 0.5) is 0 Å². The predicted octanol–water partition coefficient (Wildman–Crippen LogP) is 2.70. The Kier molecular flexibility index (Phi) is 6.01. The number of carbonyl (C=O) groups excluding carboxylic acids is 1. The Morgan fingerprint density at radius 1 is 1.00 bits per heavy atom. The molecule has 26 heavy (non-hydrogen) atoms. The Morgan fingerprint density at radius 2 is 1.69 bits per heavy atom. The zero-order valence-electron chi connectivity index (χ0n) is 14.7. The fourth-order valence-corrected chi connectivity index (χ4v) is 4.97. The van der Waals surface area contributed by atoms with Gasteiger partial charge in [-0.1, -0.05) is 30.3 Å². The van der Waals surface area contributed by atoms with Crippen LogP contribution in [0.3, 0.4) is 0 Å². The minimum Gasteiger partial charge on any atom is -0.336 e. The van der Waals surface area contributed by atoms with Crippen LogP contribution in [0.25, 0.3) is 0 Å². The van der Waals surface area contributed by atoms with Crippen molar-refractivity contribution < 1.29 is 13.2 Å². The molecule has 0 unspecified atom stereocenters. The number of rotatable bonds is 5. The Bertz CT molecular complexity index is 861. The number of benzene rings is 2. The van der Waals surface area contributed by atoms with Crippen molar-refractivity contribution >= 4 is 27.7 Å². The van der Waals surface area contributed by atoms with E-state index in [2.05, 4.69) is 0 Å². The third kappa shape index (κ3) is 4.11. The van der Waals surface area contributed by atoms with E-state index in [-0.39, 0.29) is 5.91 Å². The number of nitrogens with zero attached hydrogens (tertiary/aromatic N) is 2. The number of piperazine rings is 1. The average molecular weight is 391 g/mol. The highest BCUT2D eigenvalue weighted by atomic mass is 32.2. The van der Waals surface area contributed by atoms with E-state index in [0.717, 1.165) is 11.3 Å². The van der Waals surface area contributed by atoms with Crippen LogP contribution in [0, 0.1) is 0 Å². The molecule has 2 aromatic rings. The summed E-state index contributed by atoms with van der Waals surface area (Å²) in [6.45, 7) is 1.43. The second-order valence-electron chi connectivity index (χ2n) is 6.14. The molecule has 0 saturated carbocycles. The maximum atomic E-state index is 12.7. The fraction of sp³-hybridized carbons (Fsp3) is 0.316. The molecule has 0 spiro atoms. The standard InChI is InChI=1S/C19H22N2O3S2/c1-25-15-16-6-5-7-17(14-16)19(22)20-10-12-21(13-11-20)26(23,24)18-8-3-2-4-9-18/h2-9,14H,10-13,15H2,1H3. The molecule has 0 bridgehead atoms. The largest absolute Gasteiger partial charge is 0.336 e. The molecule has 1 fully saturated rings. The molecule has 1 saturated heterocycles. The van der Waals surface area contributed by atoms with E-state index < -0.39 is 10.0 Å². The molecule has 0 radical (unpaired) electrons. The molecule has 5 nitrogen and oxygen atoms in total. The molecule has 138 valence electrons. The van der Waals surface area contributed by atoms with Crippen molar-refractivity contribution in [2.75, 3.05) is 32.4 Å². The molecule has 0 atom stereocenters. The highest BCUT2D eigenvalue weighted by molar-refractivity contribution is 7.97. The number of sulfonamides is 1. The van der Waals surface area contributed by atoms with Gasteiger partial charge in [-0.05, 0) is 36.1 Å². The second-order valence-corrected chi connectivity index (χ2v) is 8.95. The number of thioether (sulfide) groups is 1. The van der Waals surface area contributed by atoms with Crippen LogP contribution in [0.5, 0.6) is 0 Å². The first-order valence-electron chi connectivity index (χ1n) is 8.45. The summed E-state index contributed by atoms with van der Waals surface area (Å²) in [6, 6.07) is 16.1. The Labute approximate surface area is 159 Å². The van der Waals surface area contributed by atoms with Gasteiger partial charge >= 0.3 is 0 Å². The summed E-state index contributed by atoms with van der Waals surface area (Å²) >= 11 is 1.71. The summed E-state index contributed by atoms with van der Waals surface area (Å²) < 4.78 is 26.8. The van der Waals surface area contributed by atoms with E-state index in [0.29, 0.717) is 36.6 Å². The van der Waals surface area contributed by atoms with Gasteiger partial charge in [0.2, 0.25) is 10.0 Å². The third-order valence-corrected chi connectivity index (χ3v) is 6.93. The van der Waals surface area contributed by atoms with E-state index >= 15 is 0 Å². The van der Waals surface area contributed by atoms with Crippen molar-refractivity contribution in [3.63, 3.8) is 0 Å². The van der Waals surface area contributed by atoms with Crippen molar-refractivity contribution in [2.24, 2.45) is 0 Å². The fourth-order valence-electron chi connectivity index (χ4n) is 3.02. The van der Waals surface area contributed by atoms with Crippen molar-refractivity contribution in [2.45, 2.75) is 10.6 Å². The first kappa shape index (κ1) is 18.9. The van der Waals surface area contributed by atoms with Crippen molar-refractivity contribution in [3.8, 4) is 0 Å². The topological polar surface area (TPSA) is 57.7 Å². The molecule has 1 heterocycles. The summed E-state index contributed by atoms with van der Waals surface area (Å²) in [4.78, 5) is 14.8. The molecule has 1 aliphatic heterocycles. The van der Waals surface area contributed by atoms with E-state index in [4.69, 9.17) is 0 Å². The molecular formula is C19H22N2O3S2. The van der Waals surface area contributed by atoms with E-state index in [1.54, 1.807) is 47.0 Å². The first-order chi connectivity index (χ1) is 12.5. The van der Waals surface area contributed by atoms with Gasteiger partial charge in [0.1, 0.15) is 0 Å². The summed E-state index contributed by atoms with van der Waals surface area (Å²) in [5.41, 5.74) is 1.78. The second kappa shape index (κ2) is 8.24. The number of amides is 1. The average Bonchev–Trinajstić information content (AvgIpc) is 2.69. The van der Waals surface area contributed by atoms with Crippen molar-refractivity contribution in [1.29, 1.82) is 0 Å². The molecule has 0 aromatic heterocycles. The maximum absolute atomic E-state index is 12.7. The lowest BCUT2D eigenvalue weighted by Gasteiger charge is -2.34. The lowest BCUT2D eigenvalue weighted by Crippen LogP contribution is -2.50. The molecule has 2 aromatic carbocycles. The Hall–Kier alpha value is -1.83. The van der Waals surface area contributed by atoms with Gasteiger partial charge in [-0.3, -0.25) is 4.79 Å². The quantitative estimate of drug-likeness (QED) is 0.788. The van der Waals surface area contributed by atoms with Crippen LogP contribution in [-0.2, 0) is 15.8 Å². The van der Waals surface area contributed by atoms with E-state index in [1.807, 2.05) is 30.5 Å². The van der Waals surface area contributed by atoms with Gasteiger partial charge < -0.3 is 4.90 Å². The van der Waals surface area contributed by atoms with Gasteiger partial charge in [0.25, 0.3) is 5.91 Å². The Balaban J connectivity index is 1.67. The molecule has 3 rings (SSSR count). The molecule has 0 aliphatic carbocycles. The molecule has 7 heteroatoms. The van der Waals surface area contributed by atoms with Crippen molar-refractivity contribution in [3.05, 3.63) is 65.7 Å². The van der Waals surface area contributed by atoms with Gasteiger partial charge in [0.15, 0.2) is 0 Å². The minimum absolute atomic E-state index is 0.0373. The number of hydrogen-bond acceptors (Lipinski definition) is 4. The van der Waals surface area contributed by atoms with Gasteiger partial charge in [-0.15, -0.1) is 0 Å². The molecule has 0 N–H and O–H groups in total. The summed E-state index contributed by atoms with van der Waals surface area (Å²) in [6.07, 6.45) is 2.03. The first-order valence-corrected chi connectivity index (χ1v) is 11.3. The third-order valence-electron chi connectivity index (χ3n) is 4.39. The minimum atomic E-state index is -3.50. The van der Waals surface area contributed by atoms with Crippen LogP contribution >= 0.6 is 11.8 Å². The lowest BCUT2D eigenvalue weighted by molar-refractivity contribution is 0.0698. The monoisotopic (exact) mass is 390 g/mol. The van der Waals surface area contributed by atoms with Crippen LogP contribution in [0.1, 0.15) is 15.9 Å². The summed E-state index contributed by atoms with van der Waals surface area (Å²) in [5.74, 6) is 0.828. The van der Waals surface area contributed by atoms with Gasteiger partial charge in [0, 0.05) is 37.5 Å². The highest BCUT2D eigenvalue weighted by Crippen LogP contribution is 2.19. The zero-order valence-corrected chi connectivity index (χ0v) is 16.3. The Morgan fingerprint density at radius 3 is 2.35 bits per heavy atom. The SMILES string of the molecule is CSCc1cccc(C(=O)N2CCN(S(=O)(=O)c3ccccc3)CC2)c1. The highest BCUT2D eigenvalue weighted by Gasteiger charge is 2.30. The smallest absolute Gasteiger partial charge is 0.253 e. The van der Waals surface area contributed by atoms with Crippen LogP contribution in [0.15, 0.2) is 59.5 Å². The molecule has 1 amide bonds. The van der Waals surface area contributed by atoms with Gasteiger partial charge in [-0.25, -0.2) is 8.42 Å². The number of carbonyl (C=O) groups is 1. The maximum Gasteiger partial charge on any atom is 0.253 e. The summed E-state index contributed by atoms with van der Waals surface area (Å²) in [5, 5.41) is 0. The van der Waals surface area contributed by atoms with Gasteiger partial charge in [0.05, 0.1) is 4.90 Å². The van der Waals surface area contributed by atoms with Crippen LogP contribution in [0.2, 0.25) is 0 Å².